The second kappa shape index (κ2) is 9.50. The third kappa shape index (κ3) is 5.42. The van der Waals surface area contributed by atoms with E-state index in [0.29, 0.717) is 5.69 Å². The fraction of sp³-hybridized carbons (Fsp3) is 0.333. The number of carbonyl (C=O) groups excluding carboxylic acids is 3. The molecule has 0 aromatic heterocycles. The van der Waals surface area contributed by atoms with Crippen molar-refractivity contribution in [1.29, 1.82) is 0 Å². The fourth-order valence-electron chi connectivity index (χ4n) is 2.94. The molecule has 1 aliphatic rings. The molecule has 1 atom stereocenters. The van der Waals surface area contributed by atoms with Gasteiger partial charge in [0.25, 0.3) is 0 Å². The zero-order chi connectivity index (χ0) is 22.5. The Bertz CT molecular complexity index is 959. The first-order chi connectivity index (χ1) is 14.1. The maximum Gasteiger partial charge on any atom is 0.326 e. The summed E-state index contributed by atoms with van der Waals surface area (Å²) < 4.78 is 26.6. The molecule has 1 saturated heterocycles. The Balaban J connectivity index is 2.12. The van der Waals surface area contributed by atoms with Crippen LogP contribution in [0.3, 0.4) is 0 Å². The van der Waals surface area contributed by atoms with Gasteiger partial charge in [-0.25, -0.2) is 13.2 Å². The number of hydrogen-bond donors (Lipinski definition) is 3. The van der Waals surface area contributed by atoms with Crippen LogP contribution in [0.25, 0.3) is 0 Å². The van der Waals surface area contributed by atoms with E-state index >= 15 is 0 Å². The predicted molar refractivity (Wildman–Crippen MR) is 106 cm³/mol. The van der Waals surface area contributed by atoms with Crippen LogP contribution in [0.4, 0.5) is 5.69 Å². The molecule has 4 N–H and O–H groups in total. The molecule has 1 aromatic carbocycles. The third-order valence-corrected chi connectivity index (χ3v) is 6.35. The van der Waals surface area contributed by atoms with Crippen LogP contribution in [0.1, 0.15) is 12.8 Å². The van der Waals surface area contributed by atoms with Gasteiger partial charge in [0.15, 0.2) is 0 Å². The first-order valence-corrected chi connectivity index (χ1v) is 10.3. The Morgan fingerprint density at radius 2 is 1.87 bits per heavy atom. The van der Waals surface area contributed by atoms with Gasteiger partial charge in [-0.05, 0) is 36.8 Å². The quantitative estimate of drug-likeness (QED) is 0.431. The van der Waals surface area contributed by atoms with E-state index in [9.17, 15) is 32.7 Å². The summed E-state index contributed by atoms with van der Waals surface area (Å²) in [4.78, 5) is 47.1. The number of rotatable bonds is 9. The number of carboxylic acids is 1. The van der Waals surface area contributed by atoms with Crippen molar-refractivity contribution in [2.24, 2.45) is 5.73 Å². The molecule has 11 nitrogen and oxygen atoms in total. The third-order valence-electron chi connectivity index (χ3n) is 4.49. The van der Waals surface area contributed by atoms with Crippen LogP contribution in [0.5, 0.6) is 0 Å². The van der Waals surface area contributed by atoms with Gasteiger partial charge in [-0.2, -0.15) is 4.31 Å². The molecule has 1 aliphatic heterocycles. The van der Waals surface area contributed by atoms with Crippen molar-refractivity contribution in [3.63, 3.8) is 0 Å². The molecule has 0 spiro atoms. The highest BCUT2D eigenvalue weighted by molar-refractivity contribution is 7.89. The molecule has 12 heteroatoms. The number of sulfonamides is 1. The molecule has 0 radical (unpaired) electrons. The van der Waals surface area contributed by atoms with Crippen molar-refractivity contribution < 1.29 is 32.7 Å². The van der Waals surface area contributed by atoms with E-state index in [0.717, 1.165) is 15.3 Å². The molecular formula is C18H22N4O7S. The maximum atomic E-state index is 12.8. The van der Waals surface area contributed by atoms with Crippen LogP contribution in [0, 0.1) is 0 Å². The van der Waals surface area contributed by atoms with Crippen LogP contribution in [-0.4, -0.2) is 72.1 Å². The number of carboxylic acid groups (broad SMARTS) is 1. The number of aliphatic carboxylic acids is 1. The summed E-state index contributed by atoms with van der Waals surface area (Å²) in [5.41, 5.74) is 5.42. The molecule has 0 unspecified atom stereocenters. The molecule has 3 amide bonds. The molecular weight excluding hydrogens is 416 g/mol. The largest absolute Gasteiger partial charge is 0.480 e. The zero-order valence-electron chi connectivity index (χ0n) is 16.0. The van der Waals surface area contributed by atoms with Crippen LogP contribution in [0.2, 0.25) is 0 Å². The fourth-order valence-corrected chi connectivity index (χ4v) is 4.32. The maximum absolute atomic E-state index is 12.8. The van der Waals surface area contributed by atoms with Gasteiger partial charge in [-0.15, -0.1) is 0 Å². The summed E-state index contributed by atoms with van der Waals surface area (Å²) >= 11 is 0. The number of hydrogen-bond acceptors (Lipinski definition) is 6. The van der Waals surface area contributed by atoms with Gasteiger partial charge in [-0.1, -0.05) is 6.58 Å². The average molecular weight is 438 g/mol. The number of amides is 3. The monoisotopic (exact) mass is 438 g/mol. The van der Waals surface area contributed by atoms with E-state index in [4.69, 9.17) is 5.73 Å². The van der Waals surface area contributed by atoms with E-state index in [-0.39, 0.29) is 30.8 Å². The van der Waals surface area contributed by atoms with E-state index in [2.05, 4.69) is 11.9 Å². The van der Waals surface area contributed by atoms with Crippen molar-refractivity contribution >= 4 is 39.4 Å². The molecule has 0 saturated carbocycles. The first kappa shape index (κ1) is 23.0. The van der Waals surface area contributed by atoms with Crippen molar-refractivity contribution in [1.82, 2.24) is 9.21 Å². The smallest absolute Gasteiger partial charge is 0.326 e. The summed E-state index contributed by atoms with van der Waals surface area (Å²) in [7, 11) is -4.01. The topological polar surface area (TPSA) is 167 Å². The summed E-state index contributed by atoms with van der Waals surface area (Å²) in [6.45, 7) is 2.55. The Morgan fingerprint density at radius 3 is 2.37 bits per heavy atom. The highest BCUT2D eigenvalue weighted by Crippen LogP contribution is 2.22. The van der Waals surface area contributed by atoms with Gasteiger partial charge in [0, 0.05) is 25.2 Å². The number of carbonyl (C=O) groups is 4. The van der Waals surface area contributed by atoms with Crippen molar-refractivity contribution in [3.05, 3.63) is 36.9 Å². The highest BCUT2D eigenvalue weighted by atomic mass is 32.2. The molecule has 1 heterocycles. The summed E-state index contributed by atoms with van der Waals surface area (Å²) in [6.07, 6.45) is 0.710. The Hall–Kier alpha value is -3.25. The molecule has 1 aromatic rings. The molecule has 0 aliphatic carbocycles. The lowest BCUT2D eigenvalue weighted by Crippen LogP contribution is -2.57. The lowest BCUT2D eigenvalue weighted by molar-refractivity contribution is -0.152. The zero-order valence-corrected chi connectivity index (χ0v) is 16.8. The first-order valence-electron chi connectivity index (χ1n) is 8.90. The summed E-state index contributed by atoms with van der Waals surface area (Å²) in [5.74, 6) is -3.12. The Kier molecular flexibility index (Phi) is 7.29. The average Bonchev–Trinajstić information content (AvgIpc) is 2.68. The summed E-state index contributed by atoms with van der Waals surface area (Å²) in [6, 6.07) is 4.12. The number of piperazine rings is 1. The number of nitrogens with one attached hydrogen (secondary N) is 1. The van der Waals surface area contributed by atoms with Crippen molar-refractivity contribution in [2.45, 2.75) is 23.8 Å². The van der Waals surface area contributed by atoms with Crippen LogP contribution < -0.4 is 11.1 Å². The number of benzene rings is 1. The van der Waals surface area contributed by atoms with Crippen LogP contribution in [0.15, 0.2) is 41.8 Å². The van der Waals surface area contributed by atoms with E-state index in [1.165, 1.54) is 24.3 Å². The number of nitrogens with two attached hydrogens (primary N) is 1. The second-order valence-corrected chi connectivity index (χ2v) is 8.44. The Morgan fingerprint density at radius 1 is 1.23 bits per heavy atom. The van der Waals surface area contributed by atoms with E-state index in [1.54, 1.807) is 0 Å². The van der Waals surface area contributed by atoms with Gasteiger partial charge in [0.2, 0.25) is 27.7 Å². The highest BCUT2D eigenvalue weighted by Gasteiger charge is 2.38. The predicted octanol–water partition coefficient (Wildman–Crippen LogP) is -0.637. The van der Waals surface area contributed by atoms with E-state index < -0.39 is 46.3 Å². The SMILES string of the molecule is C=CC(=O)Nc1ccc(S(=O)(=O)N2CCN([C@@H](CCC(N)=O)C(=O)O)C(=O)C2)cc1. The minimum atomic E-state index is -4.01. The van der Waals surface area contributed by atoms with Crippen LogP contribution >= 0.6 is 0 Å². The molecule has 162 valence electrons. The molecule has 0 bridgehead atoms. The molecule has 1 fully saturated rings. The van der Waals surface area contributed by atoms with Gasteiger partial charge in [0.05, 0.1) is 11.4 Å². The minimum Gasteiger partial charge on any atom is -0.480 e. The Labute approximate surface area is 173 Å². The normalized spacial score (nSPS) is 16.0. The van der Waals surface area contributed by atoms with Gasteiger partial charge in [0.1, 0.15) is 6.04 Å². The number of primary amides is 1. The van der Waals surface area contributed by atoms with Crippen molar-refractivity contribution in [3.8, 4) is 0 Å². The van der Waals surface area contributed by atoms with Gasteiger partial charge < -0.3 is 21.1 Å². The summed E-state index contributed by atoms with van der Waals surface area (Å²) in [5, 5.41) is 11.8. The second-order valence-electron chi connectivity index (χ2n) is 6.50. The van der Waals surface area contributed by atoms with Crippen molar-refractivity contribution in [2.75, 3.05) is 25.0 Å². The minimum absolute atomic E-state index is 0.0798. The number of nitrogens with zero attached hydrogens (tertiary/aromatic N) is 2. The molecule has 2 rings (SSSR count). The van der Waals surface area contributed by atoms with Gasteiger partial charge >= 0.3 is 5.97 Å². The lowest BCUT2D eigenvalue weighted by Gasteiger charge is -2.36. The lowest BCUT2D eigenvalue weighted by atomic mass is 10.1. The van der Waals surface area contributed by atoms with Gasteiger partial charge in [-0.3, -0.25) is 14.4 Å². The molecule has 30 heavy (non-hydrogen) atoms. The van der Waals surface area contributed by atoms with Crippen LogP contribution in [-0.2, 0) is 29.2 Å². The number of anilines is 1. The van der Waals surface area contributed by atoms with E-state index in [1.807, 2.05) is 0 Å². The standard InChI is InChI=1S/C18H22N4O7S/c1-2-16(24)20-12-3-5-13(6-4-12)30(28,29)21-9-10-22(17(25)11-21)14(18(26)27)7-8-15(19)23/h2-6,14H,1,7-11H2,(H2,19,23)(H,20,24)(H,26,27)/t14-/m0/s1.